The fourth-order valence-corrected chi connectivity index (χ4v) is 0.958. The highest BCUT2D eigenvalue weighted by Crippen LogP contribution is 2.21. The molecule has 1 aromatic rings. The first-order valence-electron chi connectivity index (χ1n) is 3.62. The number of rotatable bonds is 3. The molecule has 0 amide bonds. The molecule has 0 bridgehead atoms. The SMILES string of the molecule is O=Cc1c([N+](=O)[O-])cc(C(F)F)[nH]c1=O. The second kappa shape index (κ2) is 3.95. The zero-order chi connectivity index (χ0) is 11.6. The van der Waals surface area contributed by atoms with Crippen LogP contribution in [0.25, 0.3) is 0 Å². The van der Waals surface area contributed by atoms with Gasteiger partial charge in [0.1, 0.15) is 0 Å². The van der Waals surface area contributed by atoms with Gasteiger partial charge in [-0.25, -0.2) is 8.78 Å². The van der Waals surface area contributed by atoms with E-state index in [4.69, 9.17) is 0 Å². The molecule has 1 aromatic heterocycles. The summed E-state index contributed by atoms with van der Waals surface area (Å²) in [6, 6.07) is 0.468. The van der Waals surface area contributed by atoms with Crippen molar-refractivity contribution in [3.63, 3.8) is 0 Å². The molecule has 0 aliphatic heterocycles. The first-order valence-corrected chi connectivity index (χ1v) is 3.62. The van der Waals surface area contributed by atoms with Crippen molar-refractivity contribution in [3.8, 4) is 0 Å². The van der Waals surface area contributed by atoms with E-state index in [1.54, 1.807) is 4.98 Å². The van der Waals surface area contributed by atoms with Crippen molar-refractivity contribution in [1.82, 2.24) is 4.98 Å². The number of carbonyl (C=O) groups is 1. The van der Waals surface area contributed by atoms with E-state index < -0.39 is 33.9 Å². The van der Waals surface area contributed by atoms with Gasteiger partial charge in [-0.05, 0) is 0 Å². The summed E-state index contributed by atoms with van der Waals surface area (Å²) in [4.78, 5) is 32.3. The Kier molecular flexibility index (Phi) is 2.88. The first kappa shape index (κ1) is 11.0. The molecule has 0 spiro atoms. The summed E-state index contributed by atoms with van der Waals surface area (Å²) in [5, 5.41) is 10.4. The molecule has 0 aliphatic carbocycles. The number of alkyl halides is 2. The van der Waals surface area contributed by atoms with Gasteiger partial charge in [-0.3, -0.25) is 19.7 Å². The van der Waals surface area contributed by atoms with Crippen molar-refractivity contribution < 1.29 is 18.5 Å². The molecule has 0 unspecified atom stereocenters. The number of aromatic amines is 1. The molecule has 1 rings (SSSR count). The van der Waals surface area contributed by atoms with Gasteiger partial charge >= 0.3 is 0 Å². The Balaban J connectivity index is 3.53. The predicted molar refractivity (Wildman–Crippen MR) is 44.1 cm³/mol. The second-order valence-electron chi connectivity index (χ2n) is 2.53. The number of nitrogens with zero attached hydrogens (tertiary/aromatic N) is 1. The van der Waals surface area contributed by atoms with Crippen LogP contribution in [0.15, 0.2) is 10.9 Å². The van der Waals surface area contributed by atoms with Gasteiger partial charge in [-0.15, -0.1) is 0 Å². The highest BCUT2D eigenvalue weighted by Gasteiger charge is 2.21. The molecule has 80 valence electrons. The molecule has 1 N–H and O–H groups in total. The standard InChI is InChI=1S/C7H4F2N2O4/c8-6(9)4-1-5(11(14)15)3(2-12)7(13)10-4/h1-2,6H,(H,10,13). The third-order valence-electron chi connectivity index (χ3n) is 1.62. The Morgan fingerprint density at radius 1 is 1.53 bits per heavy atom. The lowest BCUT2D eigenvalue weighted by molar-refractivity contribution is -0.385. The van der Waals surface area contributed by atoms with E-state index in [0.717, 1.165) is 0 Å². The summed E-state index contributed by atoms with van der Waals surface area (Å²) in [5.74, 6) is 0. The molecule has 0 radical (unpaired) electrons. The molecule has 0 saturated carbocycles. The summed E-state index contributed by atoms with van der Waals surface area (Å²) in [5.41, 5.74) is -3.79. The van der Waals surface area contributed by atoms with Crippen molar-refractivity contribution >= 4 is 12.0 Å². The van der Waals surface area contributed by atoms with E-state index in [-0.39, 0.29) is 6.29 Å². The summed E-state index contributed by atoms with van der Waals surface area (Å²) in [7, 11) is 0. The number of pyridine rings is 1. The van der Waals surface area contributed by atoms with Gasteiger partial charge < -0.3 is 4.98 Å². The minimum absolute atomic E-state index is 0.0494. The molecular formula is C7H4F2N2O4. The van der Waals surface area contributed by atoms with E-state index in [0.29, 0.717) is 6.07 Å². The van der Waals surface area contributed by atoms with E-state index >= 15 is 0 Å². The van der Waals surface area contributed by atoms with E-state index in [1.165, 1.54) is 0 Å². The van der Waals surface area contributed by atoms with Crippen molar-refractivity contribution in [2.45, 2.75) is 6.43 Å². The zero-order valence-electron chi connectivity index (χ0n) is 7.07. The van der Waals surface area contributed by atoms with Crippen molar-refractivity contribution in [1.29, 1.82) is 0 Å². The fourth-order valence-electron chi connectivity index (χ4n) is 0.958. The van der Waals surface area contributed by atoms with Crippen LogP contribution in [-0.4, -0.2) is 16.2 Å². The highest BCUT2D eigenvalue weighted by molar-refractivity contribution is 5.80. The summed E-state index contributed by atoms with van der Waals surface area (Å²) in [6.07, 6.45) is -3.09. The Labute approximate surface area is 80.7 Å². The van der Waals surface area contributed by atoms with Crippen LogP contribution in [0.2, 0.25) is 0 Å². The molecule has 0 aliphatic rings. The average molecular weight is 218 g/mol. The third kappa shape index (κ3) is 2.03. The van der Waals surface area contributed by atoms with Crippen LogP contribution in [-0.2, 0) is 0 Å². The molecule has 0 saturated heterocycles. The second-order valence-corrected chi connectivity index (χ2v) is 2.53. The Hall–Kier alpha value is -2.12. The van der Waals surface area contributed by atoms with Crippen LogP contribution in [0.1, 0.15) is 22.5 Å². The van der Waals surface area contributed by atoms with Crippen LogP contribution in [0.5, 0.6) is 0 Å². The number of hydrogen-bond donors (Lipinski definition) is 1. The van der Waals surface area contributed by atoms with Crippen LogP contribution in [0, 0.1) is 10.1 Å². The van der Waals surface area contributed by atoms with Gasteiger partial charge in [0.05, 0.1) is 10.6 Å². The van der Waals surface area contributed by atoms with Crippen LogP contribution >= 0.6 is 0 Å². The quantitative estimate of drug-likeness (QED) is 0.465. The highest BCUT2D eigenvalue weighted by atomic mass is 19.3. The number of hydrogen-bond acceptors (Lipinski definition) is 4. The molecule has 0 fully saturated rings. The van der Waals surface area contributed by atoms with E-state index in [2.05, 4.69) is 0 Å². The van der Waals surface area contributed by atoms with Crippen molar-refractivity contribution in [2.75, 3.05) is 0 Å². The van der Waals surface area contributed by atoms with E-state index in [9.17, 15) is 28.5 Å². The van der Waals surface area contributed by atoms with Gasteiger partial charge in [0.25, 0.3) is 17.7 Å². The Bertz CT molecular complexity index is 469. The fraction of sp³-hybridized carbons (Fsp3) is 0.143. The maximum absolute atomic E-state index is 12.1. The number of aldehydes is 1. The van der Waals surface area contributed by atoms with Gasteiger partial charge in [0.2, 0.25) is 0 Å². The average Bonchev–Trinajstić information content (AvgIpc) is 2.16. The predicted octanol–water partition coefficient (Wildman–Crippen LogP) is 1.03. The molecule has 15 heavy (non-hydrogen) atoms. The monoisotopic (exact) mass is 218 g/mol. The minimum atomic E-state index is -3.04. The van der Waals surface area contributed by atoms with E-state index in [1.807, 2.05) is 0 Å². The molecule has 6 nitrogen and oxygen atoms in total. The van der Waals surface area contributed by atoms with Gasteiger partial charge in [-0.1, -0.05) is 0 Å². The lowest BCUT2D eigenvalue weighted by Gasteiger charge is -2.00. The topological polar surface area (TPSA) is 93.1 Å². The van der Waals surface area contributed by atoms with Gasteiger partial charge in [0.15, 0.2) is 11.8 Å². The zero-order valence-corrected chi connectivity index (χ0v) is 7.07. The number of carbonyl (C=O) groups excluding carboxylic acids is 1. The molecule has 8 heteroatoms. The van der Waals surface area contributed by atoms with Crippen LogP contribution < -0.4 is 5.56 Å². The van der Waals surface area contributed by atoms with Crippen LogP contribution in [0.3, 0.4) is 0 Å². The normalized spacial score (nSPS) is 10.3. The maximum atomic E-state index is 12.1. The van der Waals surface area contributed by atoms with Gasteiger partial charge in [-0.2, -0.15) is 0 Å². The molecular weight excluding hydrogens is 214 g/mol. The number of nitro groups is 1. The number of halogens is 2. The van der Waals surface area contributed by atoms with Crippen molar-refractivity contribution in [3.05, 3.63) is 37.8 Å². The molecule has 0 atom stereocenters. The molecule has 0 aromatic carbocycles. The summed E-state index contributed by atoms with van der Waals surface area (Å²) < 4.78 is 24.3. The lowest BCUT2D eigenvalue weighted by atomic mass is 10.2. The largest absolute Gasteiger partial charge is 0.320 e. The summed E-state index contributed by atoms with van der Waals surface area (Å²) >= 11 is 0. The smallest absolute Gasteiger partial charge is 0.287 e. The third-order valence-corrected chi connectivity index (χ3v) is 1.62. The summed E-state index contributed by atoms with van der Waals surface area (Å²) in [6.45, 7) is 0. The Morgan fingerprint density at radius 2 is 2.13 bits per heavy atom. The number of H-pyrrole nitrogens is 1. The number of nitrogens with one attached hydrogen (secondary N) is 1. The number of aromatic nitrogens is 1. The van der Waals surface area contributed by atoms with Gasteiger partial charge in [0, 0.05) is 6.07 Å². The maximum Gasteiger partial charge on any atom is 0.287 e. The minimum Gasteiger partial charge on any atom is -0.320 e. The lowest BCUT2D eigenvalue weighted by Crippen LogP contribution is -2.16. The molecule has 1 heterocycles. The Morgan fingerprint density at radius 3 is 2.53 bits per heavy atom. The first-order chi connectivity index (χ1) is 6.97. The van der Waals surface area contributed by atoms with Crippen LogP contribution in [0.4, 0.5) is 14.5 Å². The van der Waals surface area contributed by atoms with Crippen molar-refractivity contribution in [2.24, 2.45) is 0 Å².